The van der Waals surface area contributed by atoms with E-state index in [-0.39, 0.29) is 0 Å². The van der Waals surface area contributed by atoms with E-state index in [9.17, 15) is 5.11 Å². The van der Waals surface area contributed by atoms with E-state index in [0.29, 0.717) is 12.1 Å². The summed E-state index contributed by atoms with van der Waals surface area (Å²) < 4.78 is 0.808. The molecule has 0 aliphatic carbocycles. The van der Waals surface area contributed by atoms with Crippen LogP contribution in [0.25, 0.3) is 0 Å². The van der Waals surface area contributed by atoms with Crippen molar-refractivity contribution in [3.05, 3.63) is 28.2 Å². The Morgan fingerprint density at radius 3 is 2.88 bits per heavy atom. The van der Waals surface area contributed by atoms with Crippen molar-refractivity contribution in [2.24, 2.45) is 0 Å². The third-order valence-electron chi connectivity index (χ3n) is 3.11. The Bertz CT molecular complexity index is 465. The summed E-state index contributed by atoms with van der Waals surface area (Å²) >= 11 is 3.39. The molecule has 1 aliphatic rings. The molecular formula is C13H15BrN2O. The summed E-state index contributed by atoms with van der Waals surface area (Å²) in [5.74, 6) is 0. The first-order valence-electron chi connectivity index (χ1n) is 5.69. The lowest BCUT2D eigenvalue weighted by atomic mass is 9.95. The van der Waals surface area contributed by atoms with Crippen LogP contribution in [0.2, 0.25) is 0 Å². The van der Waals surface area contributed by atoms with Gasteiger partial charge in [0, 0.05) is 23.2 Å². The average Bonchev–Trinajstić information content (AvgIpc) is 2.27. The van der Waals surface area contributed by atoms with Crippen LogP contribution < -0.4 is 4.90 Å². The molecular weight excluding hydrogens is 280 g/mol. The second kappa shape index (κ2) is 4.67. The van der Waals surface area contributed by atoms with Gasteiger partial charge in [-0.15, -0.1) is 0 Å². The Kier molecular flexibility index (Phi) is 3.41. The number of benzene rings is 1. The number of piperidine rings is 1. The standard InChI is InChI=1S/C13H15BrN2O/c1-13(17)5-2-6-16(9-13)11-4-3-10(8-15)12(14)7-11/h3-4,7,17H,2,5-6,9H2,1H3. The normalized spacial score (nSPS) is 24.5. The predicted octanol–water partition coefficient (Wildman–Crippen LogP) is 2.67. The predicted molar refractivity (Wildman–Crippen MR) is 70.9 cm³/mol. The van der Waals surface area contributed by atoms with E-state index in [1.165, 1.54) is 0 Å². The summed E-state index contributed by atoms with van der Waals surface area (Å²) in [5, 5.41) is 18.9. The van der Waals surface area contributed by atoms with Crippen LogP contribution in [0.5, 0.6) is 0 Å². The largest absolute Gasteiger partial charge is 0.388 e. The molecule has 0 amide bonds. The topological polar surface area (TPSA) is 47.3 Å². The summed E-state index contributed by atoms with van der Waals surface area (Å²) in [6.07, 6.45) is 1.84. The maximum Gasteiger partial charge on any atom is 0.100 e. The molecule has 4 heteroatoms. The molecule has 0 radical (unpaired) electrons. The maximum atomic E-state index is 10.1. The number of rotatable bonds is 1. The molecule has 1 aromatic rings. The molecule has 0 bridgehead atoms. The zero-order chi connectivity index (χ0) is 12.5. The van der Waals surface area contributed by atoms with Gasteiger partial charge in [0.25, 0.3) is 0 Å². The third-order valence-corrected chi connectivity index (χ3v) is 3.77. The van der Waals surface area contributed by atoms with Crippen LogP contribution in [-0.2, 0) is 0 Å². The Morgan fingerprint density at radius 2 is 2.29 bits per heavy atom. The van der Waals surface area contributed by atoms with Crippen LogP contribution in [0.15, 0.2) is 22.7 Å². The van der Waals surface area contributed by atoms with Gasteiger partial charge in [0.2, 0.25) is 0 Å². The highest BCUT2D eigenvalue weighted by molar-refractivity contribution is 9.10. The van der Waals surface area contributed by atoms with Gasteiger partial charge in [0.05, 0.1) is 11.2 Å². The lowest BCUT2D eigenvalue weighted by Gasteiger charge is -2.38. The van der Waals surface area contributed by atoms with Crippen LogP contribution in [-0.4, -0.2) is 23.8 Å². The van der Waals surface area contributed by atoms with Crippen LogP contribution in [0, 0.1) is 11.3 Å². The molecule has 0 spiro atoms. The van der Waals surface area contributed by atoms with Crippen molar-refractivity contribution in [1.29, 1.82) is 5.26 Å². The molecule has 0 aromatic heterocycles. The summed E-state index contributed by atoms with van der Waals surface area (Å²) in [7, 11) is 0. The fraction of sp³-hybridized carbons (Fsp3) is 0.462. The molecule has 3 nitrogen and oxygen atoms in total. The highest BCUT2D eigenvalue weighted by Crippen LogP contribution is 2.28. The highest BCUT2D eigenvalue weighted by atomic mass is 79.9. The van der Waals surface area contributed by atoms with Crippen molar-refractivity contribution in [2.45, 2.75) is 25.4 Å². The fourth-order valence-corrected chi connectivity index (χ4v) is 2.69. The first-order chi connectivity index (χ1) is 8.02. The molecule has 90 valence electrons. The Hall–Kier alpha value is -1.05. The van der Waals surface area contributed by atoms with Crippen molar-refractivity contribution in [1.82, 2.24) is 0 Å². The molecule has 17 heavy (non-hydrogen) atoms. The van der Waals surface area contributed by atoms with Crippen molar-refractivity contribution in [2.75, 3.05) is 18.0 Å². The first kappa shape index (κ1) is 12.4. The minimum atomic E-state index is -0.612. The maximum absolute atomic E-state index is 10.1. The molecule has 1 atom stereocenters. The fourth-order valence-electron chi connectivity index (χ4n) is 2.23. The lowest BCUT2D eigenvalue weighted by Crippen LogP contribution is -2.46. The van der Waals surface area contributed by atoms with Crippen LogP contribution in [0.1, 0.15) is 25.3 Å². The van der Waals surface area contributed by atoms with E-state index < -0.39 is 5.60 Å². The van der Waals surface area contributed by atoms with E-state index in [2.05, 4.69) is 26.9 Å². The van der Waals surface area contributed by atoms with Gasteiger partial charge >= 0.3 is 0 Å². The third kappa shape index (κ3) is 2.80. The van der Waals surface area contributed by atoms with Gasteiger partial charge in [-0.05, 0) is 53.9 Å². The summed E-state index contributed by atoms with van der Waals surface area (Å²) in [4.78, 5) is 2.16. The van der Waals surface area contributed by atoms with Crippen molar-refractivity contribution >= 4 is 21.6 Å². The number of anilines is 1. The molecule has 1 saturated heterocycles. The minimum absolute atomic E-state index is 0.612. The van der Waals surface area contributed by atoms with E-state index in [1.807, 2.05) is 25.1 Å². The van der Waals surface area contributed by atoms with Gasteiger partial charge in [-0.2, -0.15) is 5.26 Å². The smallest absolute Gasteiger partial charge is 0.100 e. The zero-order valence-corrected chi connectivity index (χ0v) is 11.4. The number of halogens is 1. The minimum Gasteiger partial charge on any atom is -0.388 e. The van der Waals surface area contributed by atoms with Crippen LogP contribution >= 0.6 is 15.9 Å². The number of aliphatic hydroxyl groups is 1. The average molecular weight is 295 g/mol. The SMILES string of the molecule is CC1(O)CCCN(c2ccc(C#N)c(Br)c2)C1. The van der Waals surface area contributed by atoms with E-state index in [1.54, 1.807) is 0 Å². The second-order valence-electron chi connectivity index (χ2n) is 4.80. The molecule has 1 unspecified atom stereocenters. The molecule has 1 heterocycles. The van der Waals surface area contributed by atoms with E-state index >= 15 is 0 Å². The molecule has 1 N–H and O–H groups in total. The molecule has 1 aromatic carbocycles. The zero-order valence-electron chi connectivity index (χ0n) is 9.78. The summed E-state index contributed by atoms with van der Waals surface area (Å²) in [6, 6.07) is 7.81. The Morgan fingerprint density at radius 1 is 1.53 bits per heavy atom. The second-order valence-corrected chi connectivity index (χ2v) is 5.65. The quantitative estimate of drug-likeness (QED) is 0.866. The summed E-state index contributed by atoms with van der Waals surface area (Å²) in [6.45, 7) is 3.47. The van der Waals surface area contributed by atoms with Crippen LogP contribution in [0.3, 0.4) is 0 Å². The highest BCUT2D eigenvalue weighted by Gasteiger charge is 2.28. The van der Waals surface area contributed by atoms with E-state index in [4.69, 9.17) is 5.26 Å². The number of hydrogen-bond donors (Lipinski definition) is 1. The van der Waals surface area contributed by atoms with Crippen molar-refractivity contribution in [3.63, 3.8) is 0 Å². The van der Waals surface area contributed by atoms with Crippen molar-refractivity contribution in [3.8, 4) is 6.07 Å². The van der Waals surface area contributed by atoms with Gasteiger partial charge in [0.1, 0.15) is 6.07 Å². The molecule has 1 aliphatic heterocycles. The number of β-amino-alcohol motifs (C(OH)–C–C–N with tert-alkyl or cyclic N) is 1. The lowest BCUT2D eigenvalue weighted by molar-refractivity contribution is 0.0449. The first-order valence-corrected chi connectivity index (χ1v) is 6.48. The van der Waals surface area contributed by atoms with E-state index in [0.717, 1.165) is 29.5 Å². The van der Waals surface area contributed by atoms with Crippen molar-refractivity contribution < 1.29 is 5.11 Å². The Balaban J connectivity index is 2.23. The van der Waals surface area contributed by atoms with Gasteiger partial charge < -0.3 is 10.0 Å². The molecule has 0 saturated carbocycles. The molecule has 1 fully saturated rings. The monoisotopic (exact) mass is 294 g/mol. The van der Waals surface area contributed by atoms with Gasteiger partial charge in [-0.3, -0.25) is 0 Å². The van der Waals surface area contributed by atoms with Gasteiger partial charge in [-0.1, -0.05) is 0 Å². The molecule has 2 rings (SSSR count). The summed E-state index contributed by atoms with van der Waals surface area (Å²) in [5.41, 5.74) is 1.08. The number of nitriles is 1. The van der Waals surface area contributed by atoms with Crippen LogP contribution in [0.4, 0.5) is 5.69 Å². The Labute approximate surface area is 110 Å². The van der Waals surface area contributed by atoms with Gasteiger partial charge in [0.15, 0.2) is 0 Å². The van der Waals surface area contributed by atoms with Gasteiger partial charge in [-0.25, -0.2) is 0 Å². The number of hydrogen-bond acceptors (Lipinski definition) is 3. The number of nitrogens with zero attached hydrogens (tertiary/aromatic N) is 2.